The van der Waals surface area contributed by atoms with E-state index >= 15 is 4.39 Å². The van der Waals surface area contributed by atoms with E-state index in [1.807, 2.05) is 20.8 Å². The fraction of sp³-hybridized carbons (Fsp3) is 0.414. The third kappa shape index (κ3) is 4.07. The number of fused-ring (bicyclic) bond motifs is 4. The molecule has 2 bridgehead atoms. The van der Waals surface area contributed by atoms with Gasteiger partial charge in [-0.3, -0.25) is 4.98 Å². The molecule has 2 aromatic carbocycles. The molecular formula is C29H30F2N4O2. The molecule has 6 rings (SSSR count). The molecule has 0 spiro atoms. The Kier molecular flexibility index (Phi) is 5.94. The molecule has 0 aliphatic carbocycles. The van der Waals surface area contributed by atoms with Gasteiger partial charge in [-0.05, 0) is 47.4 Å². The number of rotatable bonds is 4. The number of pyridine rings is 1. The molecular weight excluding hydrogens is 474 g/mol. The van der Waals surface area contributed by atoms with Gasteiger partial charge in [0.25, 0.3) is 0 Å². The topological polar surface area (TPSA) is 71.4 Å². The molecule has 2 atom stereocenters. The fourth-order valence-corrected chi connectivity index (χ4v) is 5.91. The first-order valence-corrected chi connectivity index (χ1v) is 13.0. The van der Waals surface area contributed by atoms with E-state index < -0.39 is 5.82 Å². The summed E-state index contributed by atoms with van der Waals surface area (Å²) in [6, 6.07) is 5.99. The van der Waals surface area contributed by atoms with Crippen molar-refractivity contribution < 1.29 is 18.6 Å². The van der Waals surface area contributed by atoms with E-state index in [1.165, 1.54) is 12.1 Å². The van der Waals surface area contributed by atoms with E-state index in [1.54, 1.807) is 18.3 Å². The Balaban J connectivity index is 1.58. The largest absolute Gasteiger partial charge is 0.508 e. The average molecular weight is 505 g/mol. The van der Waals surface area contributed by atoms with E-state index in [2.05, 4.69) is 14.9 Å². The second kappa shape index (κ2) is 9.17. The van der Waals surface area contributed by atoms with Gasteiger partial charge in [0.1, 0.15) is 34.4 Å². The molecule has 2 fully saturated rings. The van der Waals surface area contributed by atoms with Gasteiger partial charge in [0, 0.05) is 42.6 Å². The van der Waals surface area contributed by atoms with Gasteiger partial charge in [-0.2, -0.15) is 0 Å². The van der Waals surface area contributed by atoms with Crippen molar-refractivity contribution in [3.8, 4) is 17.0 Å². The van der Waals surface area contributed by atoms with Crippen LogP contribution in [-0.2, 0) is 11.2 Å². The van der Waals surface area contributed by atoms with Gasteiger partial charge in [-0.1, -0.05) is 26.8 Å². The quantitative estimate of drug-likeness (QED) is 0.368. The molecule has 8 heteroatoms. The zero-order chi connectivity index (χ0) is 25.8. The lowest BCUT2D eigenvalue weighted by molar-refractivity contribution is 0.00613. The zero-order valence-electron chi connectivity index (χ0n) is 21.3. The predicted octanol–water partition coefficient (Wildman–Crippen LogP) is 5.99. The molecule has 0 radical (unpaired) electrons. The van der Waals surface area contributed by atoms with Crippen LogP contribution in [0.25, 0.3) is 32.9 Å². The minimum absolute atomic E-state index is 0.00539. The van der Waals surface area contributed by atoms with Crippen LogP contribution < -0.4 is 4.90 Å². The standard InChI is InChI=1S/C29H30F2N4O2/c1-4-20-23(30)6-5-18-8-19(36)9-21(24(18)20)26-25(31)27-22(10-32-26)29(34-28(33-27)15(2)3)35-11-16-7-17(12-35)14-37-13-16/h5-6,8-10,15-17,36H,4,7,11-14H2,1-3H3. The summed E-state index contributed by atoms with van der Waals surface area (Å²) in [5.41, 5.74) is 1.04. The molecule has 2 saturated heterocycles. The minimum Gasteiger partial charge on any atom is -0.508 e. The van der Waals surface area contributed by atoms with Gasteiger partial charge in [0.2, 0.25) is 0 Å². The molecule has 1 N–H and O–H groups in total. The van der Waals surface area contributed by atoms with Crippen molar-refractivity contribution in [2.75, 3.05) is 31.2 Å². The van der Waals surface area contributed by atoms with E-state index in [0.29, 0.717) is 57.2 Å². The van der Waals surface area contributed by atoms with Gasteiger partial charge >= 0.3 is 0 Å². The summed E-state index contributed by atoms with van der Waals surface area (Å²) >= 11 is 0. The number of ether oxygens (including phenoxy) is 1. The van der Waals surface area contributed by atoms with E-state index in [0.717, 1.165) is 32.7 Å². The molecule has 37 heavy (non-hydrogen) atoms. The monoisotopic (exact) mass is 504 g/mol. The third-order valence-electron chi connectivity index (χ3n) is 7.59. The second-order valence-electron chi connectivity index (χ2n) is 10.6. The van der Waals surface area contributed by atoms with Crippen LogP contribution in [0.15, 0.2) is 30.5 Å². The third-order valence-corrected chi connectivity index (χ3v) is 7.59. The van der Waals surface area contributed by atoms with Crippen molar-refractivity contribution in [1.82, 2.24) is 15.0 Å². The highest BCUT2D eigenvalue weighted by Crippen LogP contribution is 2.39. The van der Waals surface area contributed by atoms with Gasteiger partial charge in [-0.15, -0.1) is 0 Å². The number of aromatic hydroxyl groups is 1. The van der Waals surface area contributed by atoms with Crippen molar-refractivity contribution in [2.24, 2.45) is 11.8 Å². The lowest BCUT2D eigenvalue weighted by Gasteiger charge is -2.42. The van der Waals surface area contributed by atoms with E-state index in [-0.39, 0.29) is 28.7 Å². The fourth-order valence-electron chi connectivity index (χ4n) is 5.91. The normalized spacial score (nSPS) is 19.8. The molecule has 4 heterocycles. The number of halogens is 2. The summed E-state index contributed by atoms with van der Waals surface area (Å²) in [5, 5.41) is 12.2. The molecule has 6 nitrogen and oxygen atoms in total. The number of nitrogens with zero attached hydrogens (tertiary/aromatic N) is 4. The van der Waals surface area contributed by atoms with Crippen LogP contribution in [0.4, 0.5) is 14.6 Å². The maximum Gasteiger partial charge on any atom is 0.175 e. The number of piperidine rings is 1. The first-order chi connectivity index (χ1) is 17.8. The van der Waals surface area contributed by atoms with E-state index in [4.69, 9.17) is 9.72 Å². The second-order valence-corrected chi connectivity index (χ2v) is 10.6. The molecule has 4 aromatic rings. The van der Waals surface area contributed by atoms with Gasteiger partial charge < -0.3 is 14.7 Å². The van der Waals surface area contributed by atoms with Crippen LogP contribution in [0.5, 0.6) is 5.75 Å². The molecule has 192 valence electrons. The summed E-state index contributed by atoms with van der Waals surface area (Å²) < 4.78 is 36.9. The zero-order valence-corrected chi connectivity index (χ0v) is 21.3. The van der Waals surface area contributed by atoms with Crippen LogP contribution in [0.2, 0.25) is 0 Å². The molecule has 0 saturated carbocycles. The molecule has 2 aliphatic heterocycles. The van der Waals surface area contributed by atoms with Crippen LogP contribution in [0.1, 0.15) is 44.5 Å². The first-order valence-electron chi connectivity index (χ1n) is 13.0. The highest BCUT2D eigenvalue weighted by atomic mass is 19.1. The Labute approximate surface area is 214 Å². The highest BCUT2D eigenvalue weighted by Gasteiger charge is 2.33. The van der Waals surface area contributed by atoms with E-state index in [9.17, 15) is 9.50 Å². The smallest absolute Gasteiger partial charge is 0.175 e. The van der Waals surface area contributed by atoms with Gasteiger partial charge in [0.15, 0.2) is 5.82 Å². The molecule has 2 unspecified atom stereocenters. The lowest BCUT2D eigenvalue weighted by atomic mass is 9.88. The number of aromatic nitrogens is 3. The van der Waals surface area contributed by atoms with Crippen molar-refractivity contribution in [3.63, 3.8) is 0 Å². The maximum atomic E-state index is 16.4. The summed E-state index contributed by atoms with van der Waals surface area (Å²) in [5.74, 6) is 1.09. The van der Waals surface area contributed by atoms with Crippen LogP contribution in [0, 0.1) is 23.5 Å². The number of anilines is 1. The summed E-state index contributed by atoms with van der Waals surface area (Å²) in [4.78, 5) is 16.3. The Bertz CT molecular complexity index is 1510. The van der Waals surface area contributed by atoms with Crippen molar-refractivity contribution in [3.05, 3.63) is 53.5 Å². The SMILES string of the molecule is CCc1c(F)ccc2cc(O)cc(-c3ncc4c(N5CC6COCC(C6)C5)nc(C(C)C)nc4c3F)c12. The lowest BCUT2D eigenvalue weighted by Crippen LogP contribution is -2.47. The molecule has 2 aromatic heterocycles. The van der Waals surface area contributed by atoms with Gasteiger partial charge in [0.05, 0.1) is 18.6 Å². The highest BCUT2D eigenvalue weighted by molar-refractivity contribution is 6.01. The Morgan fingerprint density at radius 3 is 2.57 bits per heavy atom. The number of phenolic OH excluding ortho intramolecular Hbond substituents is 1. The van der Waals surface area contributed by atoms with Crippen molar-refractivity contribution >= 4 is 27.5 Å². The van der Waals surface area contributed by atoms with Crippen LogP contribution in [-0.4, -0.2) is 46.4 Å². The van der Waals surface area contributed by atoms with Crippen LogP contribution in [0.3, 0.4) is 0 Å². The predicted molar refractivity (Wildman–Crippen MR) is 140 cm³/mol. The van der Waals surface area contributed by atoms with Crippen molar-refractivity contribution in [1.29, 1.82) is 0 Å². The number of phenols is 1. The summed E-state index contributed by atoms with van der Waals surface area (Å²) in [6.45, 7) is 8.87. The minimum atomic E-state index is -0.596. The number of aryl methyl sites for hydroxylation is 1. The van der Waals surface area contributed by atoms with Crippen LogP contribution >= 0.6 is 0 Å². The number of benzene rings is 2. The number of hydrogen-bond acceptors (Lipinski definition) is 6. The van der Waals surface area contributed by atoms with Gasteiger partial charge in [-0.25, -0.2) is 18.7 Å². The first kappa shape index (κ1) is 24.0. The summed E-state index contributed by atoms with van der Waals surface area (Å²) in [6.07, 6.45) is 3.17. The maximum absolute atomic E-state index is 16.4. The Morgan fingerprint density at radius 2 is 1.86 bits per heavy atom. The number of hydrogen-bond donors (Lipinski definition) is 1. The molecule has 2 aliphatic rings. The Hall–Kier alpha value is -3.39. The van der Waals surface area contributed by atoms with Crippen molar-refractivity contribution in [2.45, 2.75) is 39.5 Å². The summed E-state index contributed by atoms with van der Waals surface area (Å²) in [7, 11) is 0. The molecule has 0 amide bonds. The average Bonchev–Trinajstić information content (AvgIpc) is 2.88. The Morgan fingerprint density at radius 1 is 1.11 bits per heavy atom.